The third-order valence-electron chi connectivity index (χ3n) is 2.71. The van der Waals surface area contributed by atoms with E-state index in [1.807, 2.05) is 0 Å². The van der Waals surface area contributed by atoms with Crippen molar-refractivity contribution in [1.82, 2.24) is 0 Å². The van der Waals surface area contributed by atoms with Crippen molar-refractivity contribution in [2.75, 3.05) is 7.11 Å². The zero-order valence-corrected chi connectivity index (χ0v) is 12.2. The van der Waals surface area contributed by atoms with Crippen LogP contribution in [0.15, 0.2) is 16.6 Å². The Hall–Kier alpha value is -0.940. The number of rotatable bonds is 5. The number of methoxy groups -OCH3 is 1. The maximum atomic E-state index is 13.8. The van der Waals surface area contributed by atoms with Gasteiger partial charge in [0.1, 0.15) is 5.82 Å². The zero-order chi connectivity index (χ0) is 13.9. The van der Waals surface area contributed by atoms with Gasteiger partial charge in [0.05, 0.1) is 12.0 Å². The van der Waals surface area contributed by atoms with E-state index < -0.39 is 11.4 Å². The highest BCUT2D eigenvalue weighted by Gasteiger charge is 2.28. The lowest BCUT2D eigenvalue weighted by Crippen LogP contribution is -2.26. The van der Waals surface area contributed by atoms with Gasteiger partial charge in [-0.15, -0.1) is 0 Å². The van der Waals surface area contributed by atoms with E-state index in [1.54, 1.807) is 19.9 Å². The first-order valence-corrected chi connectivity index (χ1v) is 6.26. The summed E-state index contributed by atoms with van der Waals surface area (Å²) < 4.78 is 19.3. The van der Waals surface area contributed by atoms with Crippen molar-refractivity contribution in [2.24, 2.45) is 5.41 Å². The first kappa shape index (κ1) is 15.1. The molecule has 0 unspecified atom stereocenters. The molecule has 1 rings (SSSR count). The average Bonchev–Trinajstić information content (AvgIpc) is 2.22. The van der Waals surface area contributed by atoms with Gasteiger partial charge in [-0.25, -0.2) is 4.39 Å². The lowest BCUT2D eigenvalue weighted by molar-refractivity contribution is -0.146. The lowest BCUT2D eigenvalue weighted by Gasteiger charge is -2.19. The van der Waals surface area contributed by atoms with E-state index in [0.29, 0.717) is 15.6 Å². The summed E-state index contributed by atoms with van der Waals surface area (Å²) in [6, 6.07) is 3.10. The van der Waals surface area contributed by atoms with E-state index in [1.165, 1.54) is 13.2 Å². The predicted octanol–water partition coefficient (Wildman–Crippen LogP) is 3.39. The molecular weight excluding hydrogens is 303 g/mol. The standard InChI is InChI=1S/C13H16BrFO3/c1-13(2,12(16)17)6-8-4-10(14)9(7-18-3)11(15)5-8/h4-5H,6-7H2,1-3H3,(H,16,17). The number of benzene rings is 1. The molecule has 1 N–H and O–H groups in total. The van der Waals surface area contributed by atoms with Gasteiger partial charge in [0.25, 0.3) is 0 Å². The van der Waals surface area contributed by atoms with Crippen molar-refractivity contribution in [3.63, 3.8) is 0 Å². The quantitative estimate of drug-likeness (QED) is 0.905. The number of carboxylic acid groups (broad SMARTS) is 1. The van der Waals surface area contributed by atoms with Crippen molar-refractivity contribution >= 4 is 21.9 Å². The molecule has 0 radical (unpaired) electrons. The predicted molar refractivity (Wildman–Crippen MR) is 69.9 cm³/mol. The Labute approximate surface area is 114 Å². The Balaban J connectivity index is 3.03. The molecule has 0 aliphatic carbocycles. The summed E-state index contributed by atoms with van der Waals surface area (Å²) in [4.78, 5) is 11.0. The van der Waals surface area contributed by atoms with E-state index in [4.69, 9.17) is 9.84 Å². The minimum absolute atomic E-state index is 0.176. The lowest BCUT2D eigenvalue weighted by atomic mass is 9.86. The third kappa shape index (κ3) is 3.53. The summed E-state index contributed by atoms with van der Waals surface area (Å²) in [7, 11) is 1.49. The molecule has 0 saturated heterocycles. The Morgan fingerprint density at radius 1 is 1.50 bits per heavy atom. The van der Waals surface area contributed by atoms with Crippen LogP contribution in [0.4, 0.5) is 4.39 Å². The summed E-state index contributed by atoms with van der Waals surface area (Å²) in [5.41, 5.74) is 0.162. The molecule has 3 nitrogen and oxygen atoms in total. The van der Waals surface area contributed by atoms with Crippen LogP contribution in [0.1, 0.15) is 25.0 Å². The van der Waals surface area contributed by atoms with Crippen molar-refractivity contribution in [2.45, 2.75) is 26.9 Å². The smallest absolute Gasteiger partial charge is 0.309 e. The minimum Gasteiger partial charge on any atom is -0.481 e. The molecule has 0 atom stereocenters. The van der Waals surface area contributed by atoms with Crippen LogP contribution in [-0.2, 0) is 22.6 Å². The van der Waals surface area contributed by atoms with Gasteiger partial charge in [-0.2, -0.15) is 0 Å². The van der Waals surface area contributed by atoms with E-state index >= 15 is 0 Å². The summed E-state index contributed by atoms with van der Waals surface area (Å²) in [5, 5.41) is 9.05. The molecule has 0 amide bonds. The molecule has 100 valence electrons. The molecular formula is C13H16BrFO3. The Bertz CT molecular complexity index is 435. The van der Waals surface area contributed by atoms with Gasteiger partial charge in [0, 0.05) is 17.1 Å². The second-order valence-electron chi connectivity index (χ2n) is 4.84. The van der Waals surface area contributed by atoms with Crippen LogP contribution in [0.5, 0.6) is 0 Å². The number of ether oxygens (including phenoxy) is 1. The van der Waals surface area contributed by atoms with Gasteiger partial charge < -0.3 is 9.84 Å². The Morgan fingerprint density at radius 3 is 2.56 bits per heavy atom. The van der Waals surface area contributed by atoms with Crippen molar-refractivity contribution in [3.8, 4) is 0 Å². The van der Waals surface area contributed by atoms with Crippen molar-refractivity contribution in [1.29, 1.82) is 0 Å². The molecule has 1 aromatic rings. The van der Waals surface area contributed by atoms with Crippen LogP contribution in [0, 0.1) is 11.2 Å². The van der Waals surface area contributed by atoms with Crippen LogP contribution in [0.25, 0.3) is 0 Å². The fraction of sp³-hybridized carbons (Fsp3) is 0.462. The van der Waals surface area contributed by atoms with E-state index in [9.17, 15) is 9.18 Å². The number of aliphatic carboxylic acids is 1. The molecule has 0 saturated carbocycles. The molecule has 0 aromatic heterocycles. The van der Waals surface area contributed by atoms with Gasteiger partial charge in [-0.05, 0) is 38.0 Å². The van der Waals surface area contributed by atoms with Crippen LogP contribution in [0.2, 0.25) is 0 Å². The van der Waals surface area contributed by atoms with Gasteiger partial charge in [-0.1, -0.05) is 15.9 Å². The Morgan fingerprint density at radius 2 is 2.11 bits per heavy atom. The van der Waals surface area contributed by atoms with Crippen LogP contribution in [-0.4, -0.2) is 18.2 Å². The topological polar surface area (TPSA) is 46.5 Å². The monoisotopic (exact) mass is 318 g/mol. The molecule has 0 heterocycles. The molecule has 0 bridgehead atoms. The molecule has 0 aliphatic rings. The fourth-order valence-electron chi connectivity index (χ4n) is 1.63. The van der Waals surface area contributed by atoms with Gasteiger partial charge in [-0.3, -0.25) is 4.79 Å². The first-order valence-electron chi connectivity index (χ1n) is 5.47. The summed E-state index contributed by atoms with van der Waals surface area (Å²) in [5.74, 6) is -1.29. The van der Waals surface area contributed by atoms with Gasteiger partial charge in [0.15, 0.2) is 0 Å². The highest BCUT2D eigenvalue weighted by Crippen LogP contribution is 2.28. The number of carboxylic acids is 1. The number of carbonyl (C=O) groups is 1. The number of hydrogen-bond acceptors (Lipinski definition) is 2. The third-order valence-corrected chi connectivity index (χ3v) is 3.42. The maximum Gasteiger partial charge on any atom is 0.309 e. The second-order valence-corrected chi connectivity index (χ2v) is 5.69. The molecule has 0 fully saturated rings. The molecule has 18 heavy (non-hydrogen) atoms. The van der Waals surface area contributed by atoms with Gasteiger partial charge >= 0.3 is 5.97 Å². The van der Waals surface area contributed by atoms with E-state index in [-0.39, 0.29) is 18.8 Å². The fourth-order valence-corrected chi connectivity index (χ4v) is 2.22. The zero-order valence-electron chi connectivity index (χ0n) is 10.6. The normalized spacial score (nSPS) is 11.6. The minimum atomic E-state index is -0.922. The largest absolute Gasteiger partial charge is 0.481 e. The molecule has 0 spiro atoms. The van der Waals surface area contributed by atoms with Gasteiger partial charge in [0.2, 0.25) is 0 Å². The van der Waals surface area contributed by atoms with Crippen molar-refractivity contribution in [3.05, 3.63) is 33.5 Å². The van der Waals surface area contributed by atoms with Crippen LogP contribution >= 0.6 is 15.9 Å². The average molecular weight is 319 g/mol. The summed E-state index contributed by atoms with van der Waals surface area (Å²) in [6.07, 6.45) is 0.269. The number of hydrogen-bond donors (Lipinski definition) is 1. The highest BCUT2D eigenvalue weighted by molar-refractivity contribution is 9.10. The van der Waals surface area contributed by atoms with E-state index in [0.717, 1.165) is 0 Å². The molecule has 1 aromatic carbocycles. The highest BCUT2D eigenvalue weighted by atomic mass is 79.9. The SMILES string of the molecule is COCc1c(F)cc(CC(C)(C)C(=O)O)cc1Br. The molecule has 5 heteroatoms. The van der Waals surface area contributed by atoms with Crippen molar-refractivity contribution < 1.29 is 19.0 Å². The van der Waals surface area contributed by atoms with Crippen LogP contribution < -0.4 is 0 Å². The van der Waals surface area contributed by atoms with Crippen LogP contribution in [0.3, 0.4) is 0 Å². The maximum absolute atomic E-state index is 13.8. The molecule has 0 aliphatic heterocycles. The summed E-state index contributed by atoms with van der Waals surface area (Å²) >= 11 is 3.28. The Kier molecular flexibility index (Phi) is 4.87. The second kappa shape index (κ2) is 5.80. The van der Waals surface area contributed by atoms with E-state index in [2.05, 4.69) is 15.9 Å². The number of halogens is 2. The first-order chi connectivity index (χ1) is 8.27. The summed E-state index contributed by atoms with van der Waals surface area (Å²) in [6.45, 7) is 3.41.